The van der Waals surface area contributed by atoms with Crippen LogP contribution >= 0.6 is 0 Å². The van der Waals surface area contributed by atoms with Crippen LogP contribution in [-0.2, 0) is 7.05 Å². The molecular weight excluding hydrogens is 421 g/mol. The largest absolute Gasteiger partial charge is 0.339 e. The lowest BCUT2D eigenvalue weighted by Crippen LogP contribution is -2.47. The highest BCUT2D eigenvalue weighted by Gasteiger charge is 2.24. The first kappa shape index (κ1) is 21.0. The van der Waals surface area contributed by atoms with Gasteiger partial charge in [0.25, 0.3) is 5.56 Å². The molecule has 1 saturated heterocycles. The Bertz CT molecular complexity index is 1350. The van der Waals surface area contributed by atoms with Gasteiger partial charge in [0.05, 0.1) is 23.9 Å². The van der Waals surface area contributed by atoms with Crippen molar-refractivity contribution in [2.24, 2.45) is 7.05 Å². The molecule has 0 unspecified atom stereocenters. The van der Waals surface area contributed by atoms with E-state index in [2.05, 4.69) is 49.4 Å². The Labute approximate surface area is 190 Å². The number of anilines is 1. The van der Waals surface area contributed by atoms with E-state index >= 15 is 0 Å². The number of hydrogen-bond donors (Lipinski definition) is 1. The minimum atomic E-state index is -0.504. The molecule has 1 atom stereocenters. The van der Waals surface area contributed by atoms with Crippen molar-refractivity contribution in [2.45, 2.75) is 13.0 Å². The van der Waals surface area contributed by atoms with Crippen LogP contribution in [0.4, 0.5) is 10.3 Å². The Morgan fingerprint density at radius 3 is 2.73 bits per heavy atom. The van der Waals surface area contributed by atoms with Crippen LogP contribution in [-0.4, -0.2) is 43.7 Å². The summed E-state index contributed by atoms with van der Waals surface area (Å²) in [5.74, 6) is 0.0151. The van der Waals surface area contributed by atoms with Crippen molar-refractivity contribution in [3.05, 3.63) is 88.7 Å². The molecule has 0 amide bonds. The first-order valence-electron chi connectivity index (χ1n) is 10.8. The van der Waals surface area contributed by atoms with Crippen molar-refractivity contribution < 1.29 is 4.39 Å². The van der Waals surface area contributed by atoms with Crippen LogP contribution in [0.5, 0.6) is 0 Å². The predicted octanol–water partition coefficient (Wildman–Crippen LogP) is 2.63. The molecule has 1 aliphatic rings. The summed E-state index contributed by atoms with van der Waals surface area (Å²) in [4.78, 5) is 27.4. The van der Waals surface area contributed by atoms with Gasteiger partial charge in [-0.1, -0.05) is 12.1 Å². The number of halogens is 1. The average molecular weight is 446 g/mol. The summed E-state index contributed by atoms with van der Waals surface area (Å²) < 4.78 is 17.8. The molecule has 4 heterocycles. The van der Waals surface area contributed by atoms with Gasteiger partial charge < -0.3 is 14.8 Å². The summed E-state index contributed by atoms with van der Waals surface area (Å²) in [5, 5.41) is 3.54. The second-order valence-electron chi connectivity index (χ2n) is 8.16. The summed E-state index contributed by atoms with van der Waals surface area (Å²) in [6.07, 6.45) is 6.41. The Kier molecular flexibility index (Phi) is 5.47. The van der Waals surface area contributed by atoms with Gasteiger partial charge >= 0.3 is 0 Å². The van der Waals surface area contributed by atoms with Crippen LogP contribution in [0.3, 0.4) is 0 Å². The Morgan fingerprint density at radius 1 is 1.18 bits per heavy atom. The Morgan fingerprint density at radius 2 is 2.00 bits per heavy atom. The van der Waals surface area contributed by atoms with E-state index in [0.717, 1.165) is 29.7 Å². The molecule has 0 saturated carbocycles. The highest BCUT2D eigenvalue weighted by Crippen LogP contribution is 2.25. The summed E-state index contributed by atoms with van der Waals surface area (Å²) in [7, 11) is 1.69. The third kappa shape index (κ3) is 4.14. The van der Waals surface area contributed by atoms with Crippen molar-refractivity contribution in [1.82, 2.24) is 29.4 Å². The number of hydrogen-bond acceptors (Lipinski definition) is 6. The van der Waals surface area contributed by atoms with Crippen LogP contribution in [0, 0.1) is 12.7 Å². The van der Waals surface area contributed by atoms with Crippen molar-refractivity contribution in [3.63, 3.8) is 0 Å². The number of pyridine rings is 1. The van der Waals surface area contributed by atoms with Gasteiger partial charge in [0, 0.05) is 62.4 Å². The smallest absolute Gasteiger partial charge is 0.255 e. The fraction of sp³-hybridized carbons (Fsp3) is 0.250. The number of aromatic nitrogens is 5. The van der Waals surface area contributed by atoms with Gasteiger partial charge in [0.15, 0.2) is 5.82 Å². The number of nitrogens with one attached hydrogen (secondary N) is 1. The first-order chi connectivity index (χ1) is 16.0. The SMILES string of the molecule is Cc1cn(-c2ccc([C@H]3CN(c4nc(-c5ccncc5F)cc(=O)n4C)CCN3)cc2)cn1. The second kappa shape index (κ2) is 8.59. The highest BCUT2D eigenvalue weighted by atomic mass is 19.1. The molecule has 5 rings (SSSR count). The van der Waals surface area contributed by atoms with Gasteiger partial charge in [0.2, 0.25) is 5.95 Å². The summed E-state index contributed by atoms with van der Waals surface area (Å²) in [6, 6.07) is 11.3. The van der Waals surface area contributed by atoms with Gasteiger partial charge in [-0.15, -0.1) is 0 Å². The van der Waals surface area contributed by atoms with E-state index in [1.54, 1.807) is 13.4 Å². The van der Waals surface area contributed by atoms with Crippen LogP contribution in [0.15, 0.2) is 66.1 Å². The van der Waals surface area contributed by atoms with Crippen molar-refractivity contribution in [1.29, 1.82) is 0 Å². The lowest BCUT2D eigenvalue weighted by Gasteiger charge is -2.35. The molecule has 1 aliphatic heterocycles. The van der Waals surface area contributed by atoms with Crippen LogP contribution in [0.2, 0.25) is 0 Å². The Hall–Kier alpha value is -3.85. The lowest BCUT2D eigenvalue weighted by atomic mass is 10.0. The maximum Gasteiger partial charge on any atom is 0.255 e. The third-order valence-corrected chi connectivity index (χ3v) is 5.92. The molecule has 8 nitrogen and oxygen atoms in total. The number of nitrogens with zero attached hydrogens (tertiary/aromatic N) is 6. The minimum Gasteiger partial charge on any atom is -0.339 e. The first-order valence-corrected chi connectivity index (χ1v) is 10.8. The molecule has 1 fully saturated rings. The number of aryl methyl sites for hydroxylation is 1. The van der Waals surface area contributed by atoms with Gasteiger partial charge in [0.1, 0.15) is 0 Å². The summed E-state index contributed by atoms with van der Waals surface area (Å²) in [6.45, 7) is 4.01. The van der Waals surface area contributed by atoms with Crippen molar-refractivity contribution in [3.8, 4) is 16.9 Å². The number of benzene rings is 1. The minimum absolute atomic E-state index is 0.0653. The van der Waals surface area contributed by atoms with E-state index < -0.39 is 5.82 Å². The van der Waals surface area contributed by atoms with Gasteiger partial charge in [-0.3, -0.25) is 14.3 Å². The molecule has 0 spiro atoms. The normalized spacial score (nSPS) is 16.2. The molecule has 4 aromatic rings. The predicted molar refractivity (Wildman–Crippen MR) is 124 cm³/mol. The molecule has 33 heavy (non-hydrogen) atoms. The lowest BCUT2D eigenvalue weighted by molar-refractivity contribution is 0.462. The fourth-order valence-electron chi connectivity index (χ4n) is 4.13. The van der Waals surface area contributed by atoms with Crippen LogP contribution < -0.4 is 15.8 Å². The van der Waals surface area contributed by atoms with E-state index in [4.69, 9.17) is 0 Å². The molecule has 1 aromatic carbocycles. The van der Waals surface area contributed by atoms with E-state index in [9.17, 15) is 9.18 Å². The van der Waals surface area contributed by atoms with E-state index in [0.29, 0.717) is 24.7 Å². The highest BCUT2D eigenvalue weighted by molar-refractivity contribution is 5.60. The second-order valence-corrected chi connectivity index (χ2v) is 8.16. The fourth-order valence-corrected chi connectivity index (χ4v) is 4.13. The van der Waals surface area contributed by atoms with Gasteiger partial charge in [-0.05, 0) is 30.7 Å². The quantitative estimate of drug-likeness (QED) is 0.520. The molecule has 0 aliphatic carbocycles. The molecule has 168 valence electrons. The average Bonchev–Trinajstić information content (AvgIpc) is 3.27. The van der Waals surface area contributed by atoms with E-state index in [1.807, 2.05) is 17.7 Å². The summed E-state index contributed by atoms with van der Waals surface area (Å²) in [5.41, 5.74) is 3.49. The number of rotatable bonds is 4. The van der Waals surface area contributed by atoms with Crippen molar-refractivity contribution in [2.75, 3.05) is 24.5 Å². The molecule has 3 aromatic heterocycles. The third-order valence-electron chi connectivity index (χ3n) is 5.92. The van der Waals surface area contributed by atoms with Crippen LogP contribution in [0.1, 0.15) is 17.3 Å². The maximum atomic E-state index is 14.3. The molecular formula is C24H24FN7O. The van der Waals surface area contributed by atoms with Crippen molar-refractivity contribution >= 4 is 5.95 Å². The topological polar surface area (TPSA) is 80.9 Å². The number of imidazole rings is 1. The monoisotopic (exact) mass is 445 g/mol. The zero-order valence-electron chi connectivity index (χ0n) is 18.4. The zero-order chi connectivity index (χ0) is 22.9. The number of piperazine rings is 1. The standard InChI is InChI=1S/C24H24FN7O/c1-16-13-32(15-28-16)18-5-3-17(4-6-18)22-14-31(10-9-27-22)24-29-21(11-23(33)30(24)2)19-7-8-26-12-20(19)25/h3-8,11-13,15,22,27H,9-10,14H2,1-2H3/t22-/m1/s1. The summed E-state index contributed by atoms with van der Waals surface area (Å²) >= 11 is 0. The molecule has 9 heteroatoms. The van der Waals surface area contributed by atoms with Crippen LogP contribution in [0.25, 0.3) is 16.9 Å². The molecule has 1 N–H and O–H groups in total. The van der Waals surface area contributed by atoms with Gasteiger partial charge in [-0.2, -0.15) is 0 Å². The maximum absolute atomic E-state index is 14.3. The van der Waals surface area contributed by atoms with Gasteiger partial charge in [-0.25, -0.2) is 14.4 Å². The van der Waals surface area contributed by atoms with E-state index in [-0.39, 0.29) is 17.2 Å². The molecule has 0 bridgehead atoms. The zero-order valence-corrected chi connectivity index (χ0v) is 18.4. The van der Waals surface area contributed by atoms with E-state index in [1.165, 1.54) is 22.9 Å². The Balaban J connectivity index is 1.42. The molecule has 0 radical (unpaired) electrons.